The number of rotatable bonds is 2. The Kier molecular flexibility index (Phi) is 4.18. The third-order valence-electron chi connectivity index (χ3n) is 3.96. The van der Waals surface area contributed by atoms with Crippen LogP contribution in [0.15, 0.2) is 22.7 Å². The van der Waals surface area contributed by atoms with Gasteiger partial charge in [-0.2, -0.15) is 4.98 Å². The van der Waals surface area contributed by atoms with Gasteiger partial charge in [-0.1, -0.05) is 24.1 Å². The number of aryl methyl sites for hydroxylation is 2. The number of hydrogen-bond acceptors (Lipinski definition) is 5. The molecule has 0 N–H and O–H groups in total. The zero-order chi connectivity index (χ0) is 15.5. The van der Waals surface area contributed by atoms with E-state index in [-0.39, 0.29) is 11.9 Å². The lowest BCUT2D eigenvalue weighted by molar-refractivity contribution is 0.0664. The third-order valence-corrected chi connectivity index (χ3v) is 3.96. The first-order chi connectivity index (χ1) is 10.6. The molecule has 1 fully saturated rings. The molecule has 6 nitrogen and oxygen atoms in total. The maximum atomic E-state index is 12.9. The van der Waals surface area contributed by atoms with Crippen LogP contribution in [0.1, 0.15) is 59.6 Å². The van der Waals surface area contributed by atoms with Crippen LogP contribution in [-0.4, -0.2) is 32.5 Å². The summed E-state index contributed by atoms with van der Waals surface area (Å²) in [5.41, 5.74) is 1.32. The van der Waals surface area contributed by atoms with Gasteiger partial charge in [0.1, 0.15) is 5.69 Å². The lowest BCUT2D eigenvalue weighted by atomic mass is 10.1. The van der Waals surface area contributed by atoms with Gasteiger partial charge in [-0.3, -0.25) is 4.79 Å². The molecule has 1 unspecified atom stereocenters. The van der Waals surface area contributed by atoms with E-state index in [1.165, 1.54) is 0 Å². The van der Waals surface area contributed by atoms with Crippen LogP contribution in [0.3, 0.4) is 0 Å². The van der Waals surface area contributed by atoms with Crippen molar-refractivity contribution in [3.8, 4) is 0 Å². The Morgan fingerprint density at radius 2 is 2.09 bits per heavy atom. The predicted octanol–water partition coefficient (Wildman–Crippen LogP) is 2.84. The molecule has 2 aromatic heterocycles. The molecule has 1 saturated heterocycles. The molecule has 1 aliphatic rings. The molecule has 0 aromatic carbocycles. The van der Waals surface area contributed by atoms with Crippen molar-refractivity contribution >= 4 is 5.91 Å². The first-order valence-corrected chi connectivity index (χ1v) is 7.70. The highest BCUT2D eigenvalue weighted by molar-refractivity contribution is 5.92. The highest BCUT2D eigenvalue weighted by Crippen LogP contribution is 2.29. The smallest absolute Gasteiger partial charge is 0.273 e. The van der Waals surface area contributed by atoms with E-state index in [0.29, 0.717) is 24.0 Å². The van der Waals surface area contributed by atoms with Crippen LogP contribution in [0.25, 0.3) is 0 Å². The van der Waals surface area contributed by atoms with Gasteiger partial charge >= 0.3 is 0 Å². The molecule has 22 heavy (non-hydrogen) atoms. The Bertz CT molecular complexity index is 668. The first-order valence-electron chi connectivity index (χ1n) is 7.70. The summed E-state index contributed by atoms with van der Waals surface area (Å²) in [6, 6.07) is 5.38. The quantitative estimate of drug-likeness (QED) is 0.852. The minimum absolute atomic E-state index is 0.0574. The summed E-state index contributed by atoms with van der Waals surface area (Å²) in [7, 11) is 0. The molecule has 3 rings (SSSR count). The Morgan fingerprint density at radius 1 is 1.23 bits per heavy atom. The molecule has 0 aliphatic carbocycles. The predicted molar refractivity (Wildman–Crippen MR) is 80.3 cm³/mol. The minimum Gasteiger partial charge on any atom is -0.340 e. The van der Waals surface area contributed by atoms with Crippen LogP contribution in [0.5, 0.6) is 0 Å². The number of carbonyl (C=O) groups excluding carboxylic acids is 1. The molecule has 1 atom stereocenters. The standard InChI is InChI=1S/C16H20N4O2/c1-11-7-6-8-13(17-11)16(21)20-10-5-3-4-9-14(20)15-18-12(2)22-19-15/h6-8,14H,3-5,9-10H2,1-2H3. The van der Waals surface area contributed by atoms with Crippen molar-refractivity contribution in [1.29, 1.82) is 0 Å². The summed E-state index contributed by atoms with van der Waals surface area (Å²) in [5, 5.41) is 4.02. The second kappa shape index (κ2) is 6.25. The summed E-state index contributed by atoms with van der Waals surface area (Å²) >= 11 is 0. The van der Waals surface area contributed by atoms with E-state index in [4.69, 9.17) is 4.52 Å². The lowest BCUT2D eigenvalue weighted by Crippen LogP contribution is -2.36. The lowest BCUT2D eigenvalue weighted by Gasteiger charge is -2.27. The van der Waals surface area contributed by atoms with E-state index in [9.17, 15) is 4.79 Å². The van der Waals surface area contributed by atoms with E-state index in [1.54, 1.807) is 13.0 Å². The molecular weight excluding hydrogens is 280 g/mol. The van der Waals surface area contributed by atoms with Crippen LogP contribution in [0.4, 0.5) is 0 Å². The Morgan fingerprint density at radius 3 is 2.82 bits per heavy atom. The molecule has 1 aliphatic heterocycles. The zero-order valence-corrected chi connectivity index (χ0v) is 13.0. The number of nitrogens with zero attached hydrogens (tertiary/aromatic N) is 4. The van der Waals surface area contributed by atoms with Gasteiger partial charge in [-0.05, 0) is 31.9 Å². The van der Waals surface area contributed by atoms with E-state index in [1.807, 2.05) is 24.0 Å². The van der Waals surface area contributed by atoms with Gasteiger partial charge in [0.05, 0.1) is 6.04 Å². The van der Waals surface area contributed by atoms with Crippen LogP contribution < -0.4 is 0 Å². The Hall–Kier alpha value is -2.24. The largest absolute Gasteiger partial charge is 0.340 e. The number of pyridine rings is 1. The highest BCUT2D eigenvalue weighted by atomic mass is 16.5. The molecule has 2 aromatic rings. The summed E-state index contributed by atoms with van der Waals surface area (Å²) in [6.45, 7) is 4.35. The third kappa shape index (κ3) is 3.00. The molecule has 3 heterocycles. The van der Waals surface area contributed by atoms with Crippen LogP contribution in [0, 0.1) is 13.8 Å². The Balaban J connectivity index is 1.91. The van der Waals surface area contributed by atoms with Crippen molar-refractivity contribution in [2.75, 3.05) is 6.54 Å². The summed E-state index contributed by atoms with van der Waals surface area (Å²) in [5.74, 6) is 1.07. The Labute approximate surface area is 129 Å². The minimum atomic E-state index is -0.130. The van der Waals surface area contributed by atoms with Crippen LogP contribution in [-0.2, 0) is 0 Å². The highest BCUT2D eigenvalue weighted by Gasteiger charge is 2.31. The molecular formula is C16H20N4O2. The van der Waals surface area contributed by atoms with Gasteiger partial charge in [0.2, 0.25) is 5.89 Å². The van der Waals surface area contributed by atoms with Crippen molar-refractivity contribution in [1.82, 2.24) is 20.0 Å². The van der Waals surface area contributed by atoms with Gasteiger partial charge in [0, 0.05) is 19.2 Å². The monoisotopic (exact) mass is 300 g/mol. The van der Waals surface area contributed by atoms with Gasteiger partial charge < -0.3 is 9.42 Å². The first kappa shape index (κ1) is 14.7. The summed E-state index contributed by atoms with van der Waals surface area (Å²) in [6.07, 6.45) is 4.02. The summed E-state index contributed by atoms with van der Waals surface area (Å²) in [4.78, 5) is 23.4. The number of hydrogen-bond donors (Lipinski definition) is 0. The van der Waals surface area contributed by atoms with Crippen molar-refractivity contribution < 1.29 is 9.32 Å². The topological polar surface area (TPSA) is 72.1 Å². The second-order valence-electron chi connectivity index (χ2n) is 5.70. The maximum absolute atomic E-state index is 12.9. The van der Waals surface area contributed by atoms with Crippen LogP contribution in [0.2, 0.25) is 0 Å². The van der Waals surface area contributed by atoms with E-state index in [0.717, 1.165) is 31.4 Å². The van der Waals surface area contributed by atoms with Crippen molar-refractivity contribution in [2.45, 2.75) is 45.6 Å². The molecule has 0 saturated carbocycles. The van der Waals surface area contributed by atoms with E-state index < -0.39 is 0 Å². The maximum Gasteiger partial charge on any atom is 0.273 e. The number of aromatic nitrogens is 3. The fourth-order valence-corrected chi connectivity index (χ4v) is 2.88. The number of carbonyl (C=O) groups is 1. The van der Waals surface area contributed by atoms with Gasteiger partial charge in [-0.25, -0.2) is 4.98 Å². The molecule has 0 bridgehead atoms. The van der Waals surface area contributed by atoms with Gasteiger partial charge in [-0.15, -0.1) is 0 Å². The molecule has 0 radical (unpaired) electrons. The van der Waals surface area contributed by atoms with Crippen LogP contribution >= 0.6 is 0 Å². The average molecular weight is 300 g/mol. The van der Waals surface area contributed by atoms with Gasteiger partial charge in [0.25, 0.3) is 5.91 Å². The fraction of sp³-hybridized carbons (Fsp3) is 0.500. The molecule has 6 heteroatoms. The van der Waals surface area contributed by atoms with Crippen molar-refractivity contribution in [3.63, 3.8) is 0 Å². The van der Waals surface area contributed by atoms with E-state index >= 15 is 0 Å². The van der Waals surface area contributed by atoms with Gasteiger partial charge in [0.15, 0.2) is 5.82 Å². The zero-order valence-electron chi connectivity index (χ0n) is 13.0. The molecule has 0 spiro atoms. The van der Waals surface area contributed by atoms with Crippen molar-refractivity contribution in [2.24, 2.45) is 0 Å². The molecule has 1 amide bonds. The second-order valence-corrected chi connectivity index (χ2v) is 5.70. The SMILES string of the molecule is Cc1cccc(C(=O)N2CCCCCC2c2noc(C)n2)n1. The molecule has 116 valence electrons. The normalized spacial score (nSPS) is 19.0. The fourth-order valence-electron chi connectivity index (χ4n) is 2.88. The van der Waals surface area contributed by atoms with Crippen molar-refractivity contribution in [3.05, 3.63) is 41.3 Å². The average Bonchev–Trinajstić information content (AvgIpc) is 2.80. The summed E-state index contributed by atoms with van der Waals surface area (Å²) < 4.78 is 5.10. The van der Waals surface area contributed by atoms with E-state index in [2.05, 4.69) is 15.1 Å². The number of amides is 1. The number of likely N-dealkylation sites (tertiary alicyclic amines) is 1.